The normalized spacial score (nSPS) is 12.0. The Morgan fingerprint density at radius 1 is 0.972 bits per heavy atom. The molecule has 36 heavy (non-hydrogen) atoms. The molecule has 3 heterocycles. The van der Waals surface area contributed by atoms with Gasteiger partial charge in [-0.25, -0.2) is 4.98 Å². The molecule has 0 aliphatic carbocycles. The Balaban J connectivity index is 1.49. The summed E-state index contributed by atoms with van der Waals surface area (Å²) in [4.78, 5) is 27.1. The number of pyridine rings is 2. The van der Waals surface area contributed by atoms with Crippen LogP contribution in [0.4, 0.5) is 0 Å². The maximum absolute atomic E-state index is 13.6. The molecule has 0 radical (unpaired) electrons. The van der Waals surface area contributed by atoms with Crippen molar-refractivity contribution in [2.45, 2.75) is 19.9 Å². The molecule has 180 valence electrons. The number of carbonyl (C=O) groups excluding carboxylic acids is 1. The Morgan fingerprint density at radius 3 is 2.50 bits per heavy atom. The van der Waals surface area contributed by atoms with E-state index in [4.69, 9.17) is 14.2 Å². The van der Waals surface area contributed by atoms with Gasteiger partial charge in [0.25, 0.3) is 5.91 Å². The molecule has 1 unspecified atom stereocenters. The summed E-state index contributed by atoms with van der Waals surface area (Å²) < 4.78 is 10.8. The number of hydrogen-bond donors (Lipinski definition) is 1. The molecule has 5 aromatic rings. The van der Waals surface area contributed by atoms with E-state index in [0.29, 0.717) is 23.0 Å². The van der Waals surface area contributed by atoms with E-state index in [1.807, 2.05) is 80.6 Å². The Bertz CT molecular complexity index is 1500. The quantitative estimate of drug-likeness (QED) is 0.330. The number of benzene rings is 2. The Kier molecular flexibility index (Phi) is 6.40. The molecule has 0 aliphatic rings. The topological polar surface area (TPSA) is 103 Å². The van der Waals surface area contributed by atoms with E-state index in [-0.39, 0.29) is 11.8 Å². The third-order valence-electron chi connectivity index (χ3n) is 5.93. The zero-order chi connectivity index (χ0) is 25.1. The molecule has 5 rings (SSSR count). The molecule has 0 aliphatic heterocycles. The highest BCUT2D eigenvalue weighted by Crippen LogP contribution is 2.28. The fourth-order valence-electron chi connectivity index (χ4n) is 3.98. The minimum absolute atomic E-state index is 0.00492. The fourth-order valence-corrected chi connectivity index (χ4v) is 3.98. The van der Waals surface area contributed by atoms with Crippen LogP contribution in [0.3, 0.4) is 0 Å². The molecule has 2 aromatic carbocycles. The number of hydrogen-bond acceptors (Lipinski definition) is 7. The molecule has 0 bridgehead atoms. The lowest BCUT2D eigenvalue weighted by Crippen LogP contribution is -2.32. The smallest absolute Gasteiger partial charge is 0.252 e. The largest absolute Gasteiger partial charge is 0.497 e. The van der Waals surface area contributed by atoms with Gasteiger partial charge in [0.2, 0.25) is 11.7 Å². The summed E-state index contributed by atoms with van der Waals surface area (Å²) in [5.74, 6) is 1.27. The van der Waals surface area contributed by atoms with Gasteiger partial charge in [0, 0.05) is 28.9 Å². The number of para-hydroxylation sites is 1. The summed E-state index contributed by atoms with van der Waals surface area (Å²) in [6, 6.07) is 20.2. The van der Waals surface area contributed by atoms with Crippen molar-refractivity contribution in [3.05, 3.63) is 90.6 Å². The first-order chi connectivity index (χ1) is 17.5. The molecule has 1 atom stereocenters. The first-order valence-electron chi connectivity index (χ1n) is 11.6. The molecule has 1 amide bonds. The van der Waals surface area contributed by atoms with E-state index in [1.54, 1.807) is 19.5 Å². The van der Waals surface area contributed by atoms with Crippen LogP contribution < -0.4 is 10.1 Å². The average Bonchev–Trinajstić information content (AvgIpc) is 3.41. The zero-order valence-electron chi connectivity index (χ0n) is 20.2. The maximum atomic E-state index is 13.6. The van der Waals surface area contributed by atoms with Crippen molar-refractivity contribution in [3.8, 4) is 28.4 Å². The van der Waals surface area contributed by atoms with E-state index in [1.165, 1.54) is 0 Å². The van der Waals surface area contributed by atoms with Crippen molar-refractivity contribution in [2.75, 3.05) is 7.11 Å². The molecule has 0 spiro atoms. The van der Waals surface area contributed by atoms with Crippen LogP contribution >= 0.6 is 0 Å². The molecule has 0 fully saturated rings. The van der Waals surface area contributed by atoms with Gasteiger partial charge in [-0.1, -0.05) is 37.2 Å². The van der Waals surface area contributed by atoms with Crippen molar-refractivity contribution in [3.63, 3.8) is 0 Å². The summed E-state index contributed by atoms with van der Waals surface area (Å²) in [6.07, 6.45) is 3.35. The molecule has 0 saturated carbocycles. The SMILES string of the molecule is COc1ccc(-c2cc(C(=O)NC(c3nc(-c4cccnc4)no3)C(C)C)c3ccccc3n2)cc1. The summed E-state index contributed by atoms with van der Waals surface area (Å²) in [5, 5.41) is 7.95. The lowest BCUT2D eigenvalue weighted by molar-refractivity contribution is 0.0915. The number of carbonyl (C=O) groups is 1. The van der Waals surface area contributed by atoms with E-state index in [2.05, 4.69) is 20.4 Å². The van der Waals surface area contributed by atoms with Gasteiger partial charge in [-0.3, -0.25) is 9.78 Å². The van der Waals surface area contributed by atoms with Gasteiger partial charge in [-0.05, 0) is 54.4 Å². The minimum atomic E-state index is -0.480. The summed E-state index contributed by atoms with van der Waals surface area (Å²) in [6.45, 7) is 3.98. The van der Waals surface area contributed by atoms with Gasteiger partial charge < -0.3 is 14.6 Å². The third kappa shape index (κ3) is 4.65. The summed E-state index contributed by atoms with van der Waals surface area (Å²) >= 11 is 0. The van der Waals surface area contributed by atoms with Crippen LogP contribution in [0.25, 0.3) is 33.5 Å². The summed E-state index contributed by atoms with van der Waals surface area (Å²) in [7, 11) is 1.62. The monoisotopic (exact) mass is 479 g/mol. The van der Waals surface area contributed by atoms with E-state index >= 15 is 0 Å². The first kappa shape index (κ1) is 23.2. The Hall–Kier alpha value is -4.59. The lowest BCUT2D eigenvalue weighted by Gasteiger charge is -2.19. The Labute approximate surface area is 208 Å². The second kappa shape index (κ2) is 9.95. The van der Waals surface area contributed by atoms with Gasteiger partial charge in [0.15, 0.2) is 0 Å². The van der Waals surface area contributed by atoms with Crippen LogP contribution in [0.5, 0.6) is 5.75 Å². The zero-order valence-corrected chi connectivity index (χ0v) is 20.2. The number of nitrogens with one attached hydrogen (secondary N) is 1. The van der Waals surface area contributed by atoms with E-state index in [9.17, 15) is 4.79 Å². The molecular weight excluding hydrogens is 454 g/mol. The van der Waals surface area contributed by atoms with Gasteiger partial charge in [-0.2, -0.15) is 4.98 Å². The van der Waals surface area contributed by atoms with Crippen molar-refractivity contribution < 1.29 is 14.1 Å². The van der Waals surface area contributed by atoms with Crippen LogP contribution in [0, 0.1) is 5.92 Å². The predicted molar refractivity (Wildman–Crippen MR) is 136 cm³/mol. The number of methoxy groups -OCH3 is 1. The molecule has 1 N–H and O–H groups in total. The van der Waals surface area contributed by atoms with Gasteiger partial charge in [-0.15, -0.1) is 0 Å². The molecule has 8 nitrogen and oxygen atoms in total. The number of aromatic nitrogens is 4. The van der Waals surface area contributed by atoms with Crippen molar-refractivity contribution >= 4 is 16.8 Å². The molecule has 3 aromatic heterocycles. The Morgan fingerprint density at radius 2 is 1.78 bits per heavy atom. The van der Waals surface area contributed by atoms with Crippen LogP contribution in [-0.4, -0.2) is 33.1 Å². The molecule has 8 heteroatoms. The average molecular weight is 480 g/mol. The number of fused-ring (bicyclic) bond motifs is 1. The predicted octanol–water partition coefficient (Wildman–Crippen LogP) is 5.48. The second-order valence-corrected chi connectivity index (χ2v) is 8.69. The van der Waals surface area contributed by atoms with Crippen molar-refractivity contribution in [1.82, 2.24) is 25.4 Å². The van der Waals surface area contributed by atoms with Crippen LogP contribution in [0.15, 0.2) is 83.6 Å². The number of ether oxygens (including phenoxy) is 1. The molecular formula is C28H25N5O3. The minimum Gasteiger partial charge on any atom is -0.497 e. The van der Waals surface area contributed by atoms with Crippen molar-refractivity contribution in [1.29, 1.82) is 0 Å². The first-order valence-corrected chi connectivity index (χ1v) is 11.6. The van der Waals surface area contributed by atoms with Gasteiger partial charge in [0.05, 0.1) is 23.9 Å². The second-order valence-electron chi connectivity index (χ2n) is 8.69. The van der Waals surface area contributed by atoms with Crippen LogP contribution in [-0.2, 0) is 0 Å². The van der Waals surface area contributed by atoms with Crippen molar-refractivity contribution in [2.24, 2.45) is 5.92 Å². The highest BCUT2D eigenvalue weighted by molar-refractivity contribution is 6.07. The van der Waals surface area contributed by atoms with Gasteiger partial charge in [0.1, 0.15) is 11.8 Å². The lowest BCUT2D eigenvalue weighted by atomic mass is 10.0. The maximum Gasteiger partial charge on any atom is 0.252 e. The van der Waals surface area contributed by atoms with Gasteiger partial charge >= 0.3 is 0 Å². The van der Waals surface area contributed by atoms with E-state index in [0.717, 1.165) is 27.8 Å². The highest BCUT2D eigenvalue weighted by atomic mass is 16.5. The standard InChI is InChI=1S/C28H25N5O3/c1-17(2)25(28-32-26(33-36-28)19-7-6-14-29-16-19)31-27(34)22-15-24(18-10-12-20(35-3)13-11-18)30-23-9-5-4-8-21(22)23/h4-17,25H,1-3H3,(H,31,34). The van der Waals surface area contributed by atoms with Crippen LogP contribution in [0.2, 0.25) is 0 Å². The fraction of sp³-hybridized carbons (Fsp3) is 0.179. The summed E-state index contributed by atoms with van der Waals surface area (Å²) in [5.41, 5.74) is 3.57. The number of rotatable bonds is 7. The number of nitrogens with zero attached hydrogens (tertiary/aromatic N) is 4. The van der Waals surface area contributed by atoms with Crippen LogP contribution in [0.1, 0.15) is 36.1 Å². The molecule has 0 saturated heterocycles. The third-order valence-corrected chi connectivity index (χ3v) is 5.93. The van der Waals surface area contributed by atoms with E-state index < -0.39 is 6.04 Å². The highest BCUT2D eigenvalue weighted by Gasteiger charge is 2.26. The number of amides is 1.